The maximum atomic E-state index is 6.22. The van der Waals surface area contributed by atoms with Crippen molar-refractivity contribution in [2.45, 2.75) is 44.3 Å². The minimum absolute atomic E-state index is 0.334. The number of nitrogen functional groups attached to an aromatic ring is 1. The maximum Gasteiger partial charge on any atom is 0.142 e. The highest BCUT2D eigenvalue weighted by Crippen LogP contribution is 2.43. The molecule has 1 fully saturated rings. The average molecular weight is 429 g/mol. The molecule has 166 valence electrons. The summed E-state index contributed by atoms with van der Waals surface area (Å²) in [6.07, 6.45) is 4.01. The minimum Gasteiger partial charge on any atom is -0.495 e. The second-order valence-corrected chi connectivity index (χ2v) is 9.13. The fourth-order valence-electron chi connectivity index (χ4n) is 5.39. The van der Waals surface area contributed by atoms with Crippen LogP contribution >= 0.6 is 0 Å². The van der Waals surface area contributed by atoms with Crippen LogP contribution in [0.5, 0.6) is 5.75 Å². The van der Waals surface area contributed by atoms with Gasteiger partial charge in [-0.2, -0.15) is 0 Å². The molecule has 1 saturated heterocycles. The van der Waals surface area contributed by atoms with Crippen molar-refractivity contribution in [1.82, 2.24) is 15.2 Å². The average Bonchev–Trinajstić information content (AvgIpc) is 2.82. The van der Waals surface area contributed by atoms with Crippen molar-refractivity contribution >= 4 is 5.69 Å². The van der Waals surface area contributed by atoms with Crippen molar-refractivity contribution in [3.8, 4) is 5.75 Å². The fraction of sp³-hybridized carbons (Fsp3) is 0.370. The van der Waals surface area contributed by atoms with E-state index in [1.165, 1.54) is 27.9 Å². The summed E-state index contributed by atoms with van der Waals surface area (Å²) in [5.74, 6) is 1.13. The zero-order valence-corrected chi connectivity index (χ0v) is 18.9. The molecule has 0 saturated carbocycles. The van der Waals surface area contributed by atoms with Crippen LogP contribution in [0.25, 0.3) is 0 Å². The van der Waals surface area contributed by atoms with Gasteiger partial charge >= 0.3 is 0 Å². The van der Waals surface area contributed by atoms with Gasteiger partial charge in [-0.15, -0.1) is 0 Å². The van der Waals surface area contributed by atoms with Gasteiger partial charge in [-0.05, 0) is 66.3 Å². The van der Waals surface area contributed by atoms with E-state index in [1.54, 1.807) is 7.11 Å². The number of benzene rings is 2. The lowest BCUT2D eigenvalue weighted by Crippen LogP contribution is -2.51. The number of fused-ring (bicyclic) bond motifs is 3. The van der Waals surface area contributed by atoms with Crippen LogP contribution in [0.1, 0.15) is 46.3 Å². The topological polar surface area (TPSA) is 63.4 Å². The van der Waals surface area contributed by atoms with Crippen molar-refractivity contribution < 1.29 is 4.74 Å². The summed E-state index contributed by atoms with van der Waals surface area (Å²) in [6, 6.07) is 20.0. The van der Waals surface area contributed by atoms with Crippen molar-refractivity contribution in [1.29, 1.82) is 0 Å². The predicted octanol–water partition coefficient (Wildman–Crippen LogP) is 4.23. The van der Waals surface area contributed by atoms with Crippen LogP contribution in [0.3, 0.4) is 0 Å². The summed E-state index contributed by atoms with van der Waals surface area (Å²) in [5.41, 5.74) is 13.4. The van der Waals surface area contributed by atoms with Gasteiger partial charge in [-0.1, -0.05) is 30.3 Å². The number of ether oxygens (including phenoxy) is 1. The number of methoxy groups -OCH3 is 1. The number of rotatable bonds is 5. The number of nitrogens with two attached hydrogens (primary N) is 1. The number of piperidine rings is 1. The first-order chi connectivity index (χ1) is 15.6. The standard InChI is InChI=1S/C27H32N4O/c1-18-8-10-29-24(12-18)22-17-31-11-9-20-13-23(28)27(32-2)14-21(20)26(31)15-25(22)30-16-19-6-4-3-5-7-19/h3-8,10,12-14,22,25-26,30H,9,11,15-17,28H2,1-2H3/t22-,25+,26+/m0/s1. The van der Waals surface area contributed by atoms with E-state index in [0.29, 0.717) is 18.0 Å². The summed E-state index contributed by atoms with van der Waals surface area (Å²) < 4.78 is 5.56. The maximum absolute atomic E-state index is 6.22. The molecule has 5 nitrogen and oxygen atoms in total. The summed E-state index contributed by atoms with van der Waals surface area (Å²) in [7, 11) is 1.70. The van der Waals surface area contributed by atoms with Crippen LogP contribution < -0.4 is 15.8 Å². The van der Waals surface area contributed by atoms with Crippen molar-refractivity contribution in [3.63, 3.8) is 0 Å². The van der Waals surface area contributed by atoms with Crippen molar-refractivity contribution in [3.05, 3.63) is 88.7 Å². The zero-order chi connectivity index (χ0) is 22.1. The predicted molar refractivity (Wildman–Crippen MR) is 129 cm³/mol. The van der Waals surface area contributed by atoms with Crippen molar-refractivity contribution in [2.24, 2.45) is 0 Å². The molecule has 3 heterocycles. The van der Waals surface area contributed by atoms with E-state index in [0.717, 1.165) is 43.9 Å². The Morgan fingerprint density at radius 3 is 2.78 bits per heavy atom. The van der Waals surface area contributed by atoms with Gasteiger partial charge in [0.2, 0.25) is 0 Å². The van der Waals surface area contributed by atoms with E-state index in [-0.39, 0.29) is 0 Å². The Balaban J connectivity index is 1.46. The smallest absolute Gasteiger partial charge is 0.142 e. The van der Waals surface area contributed by atoms with Gasteiger partial charge in [0, 0.05) is 49.5 Å². The second-order valence-electron chi connectivity index (χ2n) is 9.13. The van der Waals surface area contributed by atoms with Gasteiger partial charge in [0.25, 0.3) is 0 Å². The lowest BCUT2D eigenvalue weighted by atomic mass is 9.79. The molecule has 2 aromatic carbocycles. The molecule has 2 aliphatic heterocycles. The van der Waals surface area contributed by atoms with Crippen molar-refractivity contribution in [2.75, 3.05) is 25.9 Å². The number of aryl methyl sites for hydroxylation is 1. The molecule has 3 atom stereocenters. The molecule has 2 aliphatic rings. The third-order valence-corrected chi connectivity index (χ3v) is 7.08. The van der Waals surface area contributed by atoms with Crippen LogP contribution in [0, 0.1) is 6.92 Å². The SMILES string of the molecule is COc1cc2c(cc1N)CCN1C[C@@H](c3cc(C)ccn3)[C@H](NCc3ccccc3)C[C@H]21. The number of aromatic nitrogens is 1. The van der Waals surface area contributed by atoms with E-state index in [1.807, 2.05) is 6.20 Å². The van der Waals surface area contributed by atoms with Crippen LogP contribution in [0.2, 0.25) is 0 Å². The molecule has 0 aliphatic carbocycles. The van der Waals surface area contributed by atoms with Crippen LogP contribution in [-0.2, 0) is 13.0 Å². The number of anilines is 1. The number of pyridine rings is 1. The monoisotopic (exact) mass is 428 g/mol. The molecule has 3 aromatic rings. The van der Waals surface area contributed by atoms with E-state index in [9.17, 15) is 0 Å². The van der Waals surface area contributed by atoms with Gasteiger partial charge in [0.15, 0.2) is 0 Å². The molecule has 0 spiro atoms. The van der Waals surface area contributed by atoms with E-state index in [4.69, 9.17) is 15.5 Å². The number of hydrogen-bond acceptors (Lipinski definition) is 5. The highest BCUT2D eigenvalue weighted by molar-refractivity contribution is 5.58. The molecular weight excluding hydrogens is 396 g/mol. The Hall–Kier alpha value is -2.89. The molecule has 0 radical (unpaired) electrons. The lowest BCUT2D eigenvalue weighted by Gasteiger charge is -2.47. The first-order valence-electron chi connectivity index (χ1n) is 11.5. The number of hydrogen-bond donors (Lipinski definition) is 2. The Morgan fingerprint density at radius 2 is 2.00 bits per heavy atom. The number of nitrogens with one attached hydrogen (secondary N) is 1. The van der Waals surface area contributed by atoms with Gasteiger partial charge < -0.3 is 15.8 Å². The molecule has 3 N–H and O–H groups in total. The van der Waals surface area contributed by atoms with E-state index in [2.05, 4.69) is 71.7 Å². The van der Waals surface area contributed by atoms with Crippen LogP contribution in [-0.4, -0.2) is 36.1 Å². The first kappa shape index (κ1) is 21.0. The second kappa shape index (κ2) is 8.93. The van der Waals surface area contributed by atoms with Gasteiger partial charge in [0.1, 0.15) is 5.75 Å². The Kier molecular flexibility index (Phi) is 5.85. The lowest BCUT2D eigenvalue weighted by molar-refractivity contribution is 0.0961. The summed E-state index contributed by atoms with van der Waals surface area (Å²) in [4.78, 5) is 7.42. The normalized spacial score (nSPS) is 22.8. The van der Waals surface area contributed by atoms with Gasteiger partial charge in [-0.25, -0.2) is 0 Å². The summed E-state index contributed by atoms with van der Waals surface area (Å²) in [6.45, 7) is 5.06. The highest BCUT2D eigenvalue weighted by atomic mass is 16.5. The molecule has 0 amide bonds. The molecule has 0 bridgehead atoms. The molecule has 5 heteroatoms. The molecule has 32 heavy (non-hydrogen) atoms. The van der Waals surface area contributed by atoms with Crippen LogP contribution in [0.4, 0.5) is 5.69 Å². The largest absolute Gasteiger partial charge is 0.495 e. The fourth-order valence-corrected chi connectivity index (χ4v) is 5.39. The van der Waals surface area contributed by atoms with Crippen LogP contribution in [0.15, 0.2) is 60.8 Å². The minimum atomic E-state index is 0.334. The molecular formula is C27H32N4O. The Labute approximate surface area is 190 Å². The zero-order valence-electron chi connectivity index (χ0n) is 18.9. The highest BCUT2D eigenvalue weighted by Gasteiger charge is 2.40. The Morgan fingerprint density at radius 1 is 1.16 bits per heavy atom. The third-order valence-electron chi connectivity index (χ3n) is 7.08. The first-order valence-corrected chi connectivity index (χ1v) is 11.5. The number of nitrogens with zero attached hydrogens (tertiary/aromatic N) is 2. The Bertz CT molecular complexity index is 1080. The molecule has 0 unspecified atom stereocenters. The molecule has 5 rings (SSSR count). The summed E-state index contributed by atoms with van der Waals surface area (Å²) in [5, 5.41) is 3.89. The molecule has 1 aromatic heterocycles. The quantitative estimate of drug-likeness (QED) is 0.596. The summed E-state index contributed by atoms with van der Waals surface area (Å²) >= 11 is 0. The van der Waals surface area contributed by atoms with E-state index < -0.39 is 0 Å². The third kappa shape index (κ3) is 4.10. The van der Waals surface area contributed by atoms with Gasteiger partial charge in [0.05, 0.1) is 12.8 Å². The van der Waals surface area contributed by atoms with Gasteiger partial charge in [-0.3, -0.25) is 9.88 Å². The van der Waals surface area contributed by atoms with E-state index >= 15 is 0 Å².